The van der Waals surface area contributed by atoms with Crippen molar-refractivity contribution < 1.29 is 9.13 Å². The Balaban J connectivity index is 2.14. The van der Waals surface area contributed by atoms with E-state index in [0.717, 1.165) is 17.7 Å². The molecule has 1 fully saturated rings. The maximum Gasteiger partial charge on any atom is 0.141 e. The van der Waals surface area contributed by atoms with E-state index in [1.54, 1.807) is 6.07 Å². The van der Waals surface area contributed by atoms with Crippen LogP contribution < -0.4 is 4.90 Å². The first-order chi connectivity index (χ1) is 7.70. The zero-order valence-electron chi connectivity index (χ0n) is 9.07. The SMILES string of the molecule is CC1COC(CBr)CN1c1ccc(F)cn1. The molecule has 1 saturated heterocycles. The Bertz CT molecular complexity index is 346. The second-order valence-electron chi connectivity index (χ2n) is 3.95. The van der Waals surface area contributed by atoms with Crippen LogP contribution in [0.2, 0.25) is 0 Å². The normalized spacial score (nSPS) is 25.8. The predicted octanol–water partition coefficient (Wildman–Crippen LogP) is 2.21. The Kier molecular flexibility index (Phi) is 3.76. The summed E-state index contributed by atoms with van der Waals surface area (Å²) in [5.74, 6) is 0.504. The third-order valence-corrected chi connectivity index (χ3v) is 3.41. The van der Waals surface area contributed by atoms with Crippen molar-refractivity contribution in [2.45, 2.75) is 19.1 Å². The van der Waals surface area contributed by atoms with E-state index in [2.05, 4.69) is 32.7 Å². The molecule has 0 bridgehead atoms. The maximum absolute atomic E-state index is 12.8. The van der Waals surface area contributed by atoms with Crippen LogP contribution in [-0.2, 0) is 4.74 Å². The molecular weight excluding hydrogens is 275 g/mol. The monoisotopic (exact) mass is 288 g/mol. The molecule has 0 radical (unpaired) electrons. The molecule has 1 aromatic rings. The summed E-state index contributed by atoms with van der Waals surface area (Å²) in [5, 5.41) is 0.803. The number of halogens is 2. The van der Waals surface area contributed by atoms with Gasteiger partial charge in [-0.25, -0.2) is 9.37 Å². The number of aromatic nitrogens is 1. The lowest BCUT2D eigenvalue weighted by atomic mass is 10.2. The van der Waals surface area contributed by atoms with Gasteiger partial charge in [-0.1, -0.05) is 15.9 Å². The molecule has 0 N–H and O–H groups in total. The van der Waals surface area contributed by atoms with E-state index in [-0.39, 0.29) is 18.0 Å². The van der Waals surface area contributed by atoms with Gasteiger partial charge in [0.25, 0.3) is 0 Å². The highest BCUT2D eigenvalue weighted by Gasteiger charge is 2.26. The van der Waals surface area contributed by atoms with Crippen LogP contribution in [0, 0.1) is 5.82 Å². The molecule has 1 aliphatic heterocycles. The first kappa shape index (κ1) is 11.8. The molecule has 0 aliphatic carbocycles. The van der Waals surface area contributed by atoms with Crippen LogP contribution in [0.25, 0.3) is 0 Å². The largest absolute Gasteiger partial charge is 0.373 e. The van der Waals surface area contributed by atoms with E-state index >= 15 is 0 Å². The standard InChI is InChI=1S/C11H14BrFN2O/c1-8-7-16-10(4-12)6-15(8)11-3-2-9(13)5-14-11/h2-3,5,8,10H,4,6-7H2,1H3. The van der Waals surface area contributed by atoms with Gasteiger partial charge in [0.2, 0.25) is 0 Å². The fourth-order valence-electron chi connectivity index (χ4n) is 1.77. The topological polar surface area (TPSA) is 25.4 Å². The number of rotatable bonds is 2. The minimum atomic E-state index is -0.304. The molecule has 2 unspecified atom stereocenters. The number of morpholine rings is 1. The number of hydrogen-bond donors (Lipinski definition) is 0. The molecule has 1 aromatic heterocycles. The zero-order valence-corrected chi connectivity index (χ0v) is 10.7. The summed E-state index contributed by atoms with van der Waals surface area (Å²) >= 11 is 3.41. The van der Waals surface area contributed by atoms with E-state index in [4.69, 9.17) is 4.74 Å². The van der Waals surface area contributed by atoms with Crippen molar-refractivity contribution in [3.63, 3.8) is 0 Å². The van der Waals surface area contributed by atoms with Crippen LogP contribution in [0.5, 0.6) is 0 Å². The molecule has 2 atom stereocenters. The Labute approximate surface area is 103 Å². The number of ether oxygens (including phenoxy) is 1. The summed E-state index contributed by atoms with van der Waals surface area (Å²) in [6.07, 6.45) is 1.42. The Morgan fingerprint density at radius 1 is 1.62 bits per heavy atom. The van der Waals surface area contributed by atoms with Crippen LogP contribution in [0.15, 0.2) is 18.3 Å². The number of pyridine rings is 1. The predicted molar refractivity (Wildman–Crippen MR) is 64.5 cm³/mol. The number of anilines is 1. The van der Waals surface area contributed by atoms with Gasteiger partial charge in [0, 0.05) is 11.9 Å². The third-order valence-electron chi connectivity index (χ3n) is 2.68. The van der Waals surface area contributed by atoms with Gasteiger partial charge >= 0.3 is 0 Å². The smallest absolute Gasteiger partial charge is 0.141 e. The van der Waals surface area contributed by atoms with Crippen LogP contribution in [0.3, 0.4) is 0 Å². The van der Waals surface area contributed by atoms with E-state index in [0.29, 0.717) is 6.61 Å². The number of hydrogen-bond acceptors (Lipinski definition) is 3. The molecular formula is C11H14BrFN2O. The van der Waals surface area contributed by atoms with Crippen molar-refractivity contribution in [3.8, 4) is 0 Å². The average molecular weight is 289 g/mol. The fourth-order valence-corrected chi connectivity index (χ4v) is 2.16. The van der Waals surface area contributed by atoms with E-state index in [9.17, 15) is 4.39 Å². The van der Waals surface area contributed by atoms with E-state index < -0.39 is 0 Å². The van der Waals surface area contributed by atoms with E-state index in [1.165, 1.54) is 12.3 Å². The highest BCUT2D eigenvalue weighted by Crippen LogP contribution is 2.20. The van der Waals surface area contributed by atoms with Gasteiger partial charge in [-0.05, 0) is 19.1 Å². The molecule has 0 aromatic carbocycles. The summed E-state index contributed by atoms with van der Waals surface area (Å²) in [6, 6.07) is 3.42. The van der Waals surface area contributed by atoms with Crippen LogP contribution in [0.1, 0.15) is 6.92 Å². The summed E-state index contributed by atoms with van der Waals surface area (Å²) < 4.78 is 18.4. The molecule has 2 rings (SSSR count). The average Bonchev–Trinajstić information content (AvgIpc) is 2.31. The summed E-state index contributed by atoms with van der Waals surface area (Å²) in [5.41, 5.74) is 0. The van der Waals surface area contributed by atoms with Crippen molar-refractivity contribution in [2.24, 2.45) is 0 Å². The van der Waals surface area contributed by atoms with Gasteiger partial charge in [-0.3, -0.25) is 0 Å². The molecule has 2 heterocycles. The van der Waals surface area contributed by atoms with Crippen molar-refractivity contribution in [1.82, 2.24) is 4.98 Å². The zero-order chi connectivity index (χ0) is 11.5. The highest BCUT2D eigenvalue weighted by molar-refractivity contribution is 9.09. The van der Waals surface area contributed by atoms with Crippen molar-refractivity contribution >= 4 is 21.7 Å². The first-order valence-corrected chi connectivity index (χ1v) is 6.38. The van der Waals surface area contributed by atoms with E-state index in [1.807, 2.05) is 0 Å². The summed E-state index contributed by atoms with van der Waals surface area (Å²) in [6.45, 7) is 3.54. The lowest BCUT2D eigenvalue weighted by Gasteiger charge is -2.38. The first-order valence-electron chi connectivity index (χ1n) is 5.26. The van der Waals surface area contributed by atoms with Gasteiger partial charge in [-0.15, -0.1) is 0 Å². The molecule has 0 saturated carbocycles. The minimum absolute atomic E-state index is 0.169. The number of alkyl halides is 1. The molecule has 1 aliphatic rings. The molecule has 16 heavy (non-hydrogen) atoms. The third kappa shape index (κ3) is 2.52. The van der Waals surface area contributed by atoms with Gasteiger partial charge in [0.15, 0.2) is 0 Å². The molecule has 5 heteroatoms. The Morgan fingerprint density at radius 3 is 3.06 bits per heavy atom. The second-order valence-corrected chi connectivity index (χ2v) is 4.59. The number of nitrogens with zero attached hydrogens (tertiary/aromatic N) is 2. The molecule has 0 amide bonds. The summed E-state index contributed by atoms with van der Waals surface area (Å²) in [4.78, 5) is 6.25. The van der Waals surface area contributed by atoms with Gasteiger partial charge in [0.1, 0.15) is 11.6 Å². The lowest BCUT2D eigenvalue weighted by molar-refractivity contribution is 0.0376. The van der Waals surface area contributed by atoms with Crippen LogP contribution in [-0.4, -0.2) is 35.6 Å². The summed E-state index contributed by atoms with van der Waals surface area (Å²) in [7, 11) is 0. The Hall–Kier alpha value is -0.680. The van der Waals surface area contributed by atoms with Gasteiger partial charge in [0.05, 0.1) is 24.9 Å². The van der Waals surface area contributed by atoms with Crippen molar-refractivity contribution in [2.75, 3.05) is 23.4 Å². The maximum atomic E-state index is 12.8. The quantitative estimate of drug-likeness (QED) is 0.781. The van der Waals surface area contributed by atoms with Gasteiger partial charge in [-0.2, -0.15) is 0 Å². The highest BCUT2D eigenvalue weighted by atomic mass is 79.9. The Morgan fingerprint density at radius 2 is 2.44 bits per heavy atom. The van der Waals surface area contributed by atoms with Crippen molar-refractivity contribution in [1.29, 1.82) is 0 Å². The molecule has 88 valence electrons. The van der Waals surface area contributed by atoms with Crippen LogP contribution in [0.4, 0.5) is 10.2 Å². The van der Waals surface area contributed by atoms with Crippen LogP contribution >= 0.6 is 15.9 Å². The lowest BCUT2D eigenvalue weighted by Crippen LogP contribution is -2.49. The van der Waals surface area contributed by atoms with Gasteiger partial charge < -0.3 is 9.64 Å². The van der Waals surface area contributed by atoms with Crippen molar-refractivity contribution in [3.05, 3.63) is 24.1 Å². The minimum Gasteiger partial charge on any atom is -0.373 e. The fraction of sp³-hybridized carbons (Fsp3) is 0.545. The molecule has 0 spiro atoms. The molecule has 3 nitrogen and oxygen atoms in total. The second kappa shape index (κ2) is 5.10.